The first-order valence-electron chi connectivity index (χ1n) is 11.4. The van der Waals surface area contributed by atoms with Crippen LogP contribution in [0.5, 0.6) is 0 Å². The third kappa shape index (κ3) is 6.93. The maximum Gasteiger partial charge on any atom is 0.251 e. The van der Waals surface area contributed by atoms with E-state index in [0.717, 1.165) is 6.42 Å². The SMILES string of the molecule is CC[C@H](CN1CCC(CNC(=O)c2ccc(Cl)c(Cl)c2)NC(CCO)C1=O)c1ccccc1. The van der Waals surface area contributed by atoms with Crippen molar-refractivity contribution < 1.29 is 14.7 Å². The maximum atomic E-state index is 13.2. The molecule has 0 bridgehead atoms. The molecule has 2 unspecified atom stereocenters. The van der Waals surface area contributed by atoms with Crippen LogP contribution in [0.15, 0.2) is 48.5 Å². The second-order valence-corrected chi connectivity index (χ2v) is 9.17. The molecule has 0 saturated carbocycles. The maximum absolute atomic E-state index is 13.2. The number of amides is 2. The first-order chi connectivity index (χ1) is 15.9. The summed E-state index contributed by atoms with van der Waals surface area (Å²) in [5.41, 5.74) is 1.64. The molecule has 0 aromatic heterocycles. The van der Waals surface area contributed by atoms with Crippen LogP contribution in [0, 0.1) is 0 Å². The van der Waals surface area contributed by atoms with Crippen LogP contribution < -0.4 is 10.6 Å². The molecule has 33 heavy (non-hydrogen) atoms. The topological polar surface area (TPSA) is 81.7 Å². The van der Waals surface area contributed by atoms with Crippen molar-refractivity contribution in [3.05, 3.63) is 69.7 Å². The molecule has 0 radical (unpaired) electrons. The second kappa shape index (κ2) is 12.4. The minimum Gasteiger partial charge on any atom is -0.396 e. The van der Waals surface area contributed by atoms with Gasteiger partial charge in [-0.3, -0.25) is 9.59 Å². The van der Waals surface area contributed by atoms with Gasteiger partial charge < -0.3 is 20.6 Å². The zero-order chi connectivity index (χ0) is 23.8. The first kappa shape index (κ1) is 25.5. The predicted molar refractivity (Wildman–Crippen MR) is 132 cm³/mol. The molecule has 3 rings (SSSR count). The lowest BCUT2D eigenvalue weighted by Gasteiger charge is -2.28. The summed E-state index contributed by atoms with van der Waals surface area (Å²) in [6, 6.07) is 14.4. The quantitative estimate of drug-likeness (QED) is 0.497. The largest absolute Gasteiger partial charge is 0.396 e. The number of aliphatic hydroxyl groups excluding tert-OH is 1. The molecule has 8 heteroatoms. The van der Waals surface area contributed by atoms with E-state index in [4.69, 9.17) is 23.2 Å². The molecule has 1 heterocycles. The van der Waals surface area contributed by atoms with Crippen LogP contribution in [0.2, 0.25) is 10.0 Å². The summed E-state index contributed by atoms with van der Waals surface area (Å²) in [5, 5.41) is 16.5. The predicted octanol–water partition coefficient (Wildman–Crippen LogP) is 3.86. The third-order valence-electron chi connectivity index (χ3n) is 6.11. The van der Waals surface area contributed by atoms with Crippen LogP contribution in [0.25, 0.3) is 0 Å². The average Bonchev–Trinajstić information content (AvgIpc) is 2.97. The highest BCUT2D eigenvalue weighted by Gasteiger charge is 2.31. The van der Waals surface area contributed by atoms with Crippen molar-refractivity contribution in [2.75, 3.05) is 26.2 Å². The van der Waals surface area contributed by atoms with E-state index in [0.29, 0.717) is 48.1 Å². The van der Waals surface area contributed by atoms with Crippen LogP contribution in [0.4, 0.5) is 0 Å². The number of nitrogens with one attached hydrogen (secondary N) is 2. The zero-order valence-corrected chi connectivity index (χ0v) is 20.3. The molecular formula is C25H31Cl2N3O3. The molecule has 6 nitrogen and oxygen atoms in total. The first-order valence-corrected chi connectivity index (χ1v) is 12.1. The van der Waals surface area contributed by atoms with Crippen LogP contribution in [0.1, 0.15) is 48.0 Å². The Labute approximate surface area is 205 Å². The number of nitrogens with zero attached hydrogens (tertiary/aromatic N) is 1. The fourth-order valence-electron chi connectivity index (χ4n) is 4.18. The lowest BCUT2D eigenvalue weighted by atomic mass is 9.95. The van der Waals surface area contributed by atoms with Gasteiger partial charge in [-0.25, -0.2) is 0 Å². The van der Waals surface area contributed by atoms with Crippen LogP contribution in [-0.4, -0.2) is 60.1 Å². The van der Waals surface area contributed by atoms with Crippen molar-refractivity contribution in [2.24, 2.45) is 0 Å². The number of benzene rings is 2. The summed E-state index contributed by atoms with van der Waals surface area (Å²) in [7, 11) is 0. The summed E-state index contributed by atoms with van der Waals surface area (Å²) < 4.78 is 0. The summed E-state index contributed by atoms with van der Waals surface area (Å²) in [5.74, 6) is -0.01000. The summed E-state index contributed by atoms with van der Waals surface area (Å²) in [6.07, 6.45) is 1.95. The van der Waals surface area contributed by atoms with Gasteiger partial charge in [0.1, 0.15) is 0 Å². The monoisotopic (exact) mass is 491 g/mol. The van der Waals surface area contributed by atoms with E-state index in [2.05, 4.69) is 29.7 Å². The Morgan fingerprint density at radius 3 is 2.64 bits per heavy atom. The van der Waals surface area contributed by atoms with Crippen molar-refractivity contribution in [3.63, 3.8) is 0 Å². The minimum atomic E-state index is -0.488. The Bertz CT molecular complexity index is 942. The molecule has 3 atom stereocenters. The molecule has 1 saturated heterocycles. The zero-order valence-electron chi connectivity index (χ0n) is 18.8. The molecular weight excluding hydrogens is 461 g/mol. The minimum absolute atomic E-state index is 0.00302. The smallest absolute Gasteiger partial charge is 0.251 e. The van der Waals surface area contributed by atoms with E-state index in [9.17, 15) is 14.7 Å². The van der Waals surface area contributed by atoms with Gasteiger partial charge in [0.2, 0.25) is 5.91 Å². The Morgan fingerprint density at radius 1 is 1.21 bits per heavy atom. The molecule has 2 aromatic carbocycles. The van der Waals surface area contributed by atoms with Gasteiger partial charge >= 0.3 is 0 Å². The van der Waals surface area contributed by atoms with Gasteiger partial charge in [-0.1, -0.05) is 60.5 Å². The average molecular weight is 492 g/mol. The number of aliphatic hydroxyl groups is 1. The van der Waals surface area contributed by atoms with Gasteiger partial charge in [-0.05, 0) is 43.0 Å². The summed E-state index contributed by atoms with van der Waals surface area (Å²) in [6.45, 7) is 3.62. The van der Waals surface area contributed by atoms with Crippen molar-refractivity contribution in [1.82, 2.24) is 15.5 Å². The Morgan fingerprint density at radius 2 is 1.97 bits per heavy atom. The van der Waals surface area contributed by atoms with E-state index in [-0.39, 0.29) is 30.4 Å². The highest BCUT2D eigenvalue weighted by molar-refractivity contribution is 6.42. The number of rotatable bonds is 9. The summed E-state index contributed by atoms with van der Waals surface area (Å²) in [4.78, 5) is 27.7. The molecule has 0 spiro atoms. The highest BCUT2D eigenvalue weighted by atomic mass is 35.5. The molecule has 2 amide bonds. The van der Waals surface area contributed by atoms with Gasteiger partial charge in [-0.15, -0.1) is 0 Å². The van der Waals surface area contributed by atoms with Crippen molar-refractivity contribution in [2.45, 2.75) is 44.2 Å². The number of carbonyl (C=O) groups excluding carboxylic acids is 2. The normalized spacial score (nSPS) is 19.8. The van der Waals surface area contributed by atoms with Crippen LogP contribution in [0.3, 0.4) is 0 Å². The molecule has 2 aromatic rings. The van der Waals surface area contributed by atoms with Gasteiger partial charge in [0.25, 0.3) is 5.91 Å². The number of halogens is 2. The van der Waals surface area contributed by atoms with E-state index in [1.54, 1.807) is 12.1 Å². The van der Waals surface area contributed by atoms with E-state index >= 15 is 0 Å². The molecule has 178 valence electrons. The van der Waals surface area contributed by atoms with Crippen LogP contribution >= 0.6 is 23.2 Å². The Hall–Kier alpha value is -2.12. The van der Waals surface area contributed by atoms with Gasteiger partial charge in [0.05, 0.1) is 16.1 Å². The molecule has 1 aliphatic rings. The lowest BCUT2D eigenvalue weighted by molar-refractivity contribution is -0.133. The molecule has 1 aliphatic heterocycles. The van der Waals surface area contributed by atoms with Crippen molar-refractivity contribution >= 4 is 35.0 Å². The van der Waals surface area contributed by atoms with E-state index in [1.807, 2.05) is 23.1 Å². The highest BCUT2D eigenvalue weighted by Crippen LogP contribution is 2.24. The van der Waals surface area contributed by atoms with Gasteiger partial charge in [-0.2, -0.15) is 0 Å². The van der Waals surface area contributed by atoms with Gasteiger partial charge in [0, 0.05) is 43.8 Å². The number of carbonyl (C=O) groups is 2. The second-order valence-electron chi connectivity index (χ2n) is 8.36. The molecule has 1 fully saturated rings. The van der Waals surface area contributed by atoms with Gasteiger partial charge in [0.15, 0.2) is 0 Å². The standard InChI is InChI=1S/C25H31Cl2N3O3/c1-2-17(18-6-4-3-5-7-18)16-30-12-10-20(29-23(11-13-31)25(30)33)15-28-24(32)19-8-9-21(26)22(27)14-19/h3-9,14,17,20,23,29,31H,2,10-13,15-16H2,1H3,(H,28,32)/t17-,20?,23?/m1/s1. The van der Waals surface area contributed by atoms with E-state index in [1.165, 1.54) is 11.6 Å². The van der Waals surface area contributed by atoms with E-state index < -0.39 is 6.04 Å². The van der Waals surface area contributed by atoms with Crippen LogP contribution in [-0.2, 0) is 4.79 Å². The Kier molecular flexibility index (Phi) is 9.56. The summed E-state index contributed by atoms with van der Waals surface area (Å²) >= 11 is 12.0. The van der Waals surface area contributed by atoms with Crippen molar-refractivity contribution in [3.8, 4) is 0 Å². The Balaban J connectivity index is 1.65. The fraction of sp³-hybridized carbons (Fsp3) is 0.440. The number of hydrogen-bond acceptors (Lipinski definition) is 4. The molecule has 3 N–H and O–H groups in total. The van der Waals surface area contributed by atoms with Crippen molar-refractivity contribution in [1.29, 1.82) is 0 Å². The molecule has 0 aliphatic carbocycles. The lowest BCUT2D eigenvalue weighted by Crippen LogP contribution is -2.49. The fourth-order valence-corrected chi connectivity index (χ4v) is 4.47. The number of hydrogen-bond donors (Lipinski definition) is 3. The third-order valence-corrected chi connectivity index (χ3v) is 6.85.